The highest BCUT2D eigenvalue weighted by atomic mass is 16.1. The molecule has 1 aromatic heterocycles. The van der Waals surface area contributed by atoms with E-state index in [1.165, 1.54) is 5.56 Å². The maximum absolute atomic E-state index is 10.6. The molecule has 1 amide bonds. The molecule has 1 rings (SSSR count). The molecular weight excluding hydrogens is 216 g/mol. The molecule has 1 heterocycles. The van der Waals surface area contributed by atoms with E-state index in [1.54, 1.807) is 0 Å². The van der Waals surface area contributed by atoms with Crippen LogP contribution in [0.1, 0.15) is 38.4 Å². The Morgan fingerprint density at radius 1 is 1.53 bits per heavy atom. The number of primary amides is 1. The van der Waals surface area contributed by atoms with E-state index < -0.39 is 0 Å². The summed E-state index contributed by atoms with van der Waals surface area (Å²) in [5, 5.41) is 7.69. The fraction of sp³-hybridized carbons (Fsp3) is 0.667. The SMILES string of the molecule is Cn1cc(CNCCC(N)=O)c(C(C)(C)C)n1. The maximum atomic E-state index is 10.6. The first kappa shape index (κ1) is 13.7. The Morgan fingerprint density at radius 2 is 2.18 bits per heavy atom. The molecule has 5 heteroatoms. The first-order valence-corrected chi connectivity index (χ1v) is 5.82. The predicted octanol–water partition coefficient (Wildman–Crippen LogP) is 0.683. The quantitative estimate of drug-likeness (QED) is 0.741. The van der Waals surface area contributed by atoms with Crippen LogP contribution in [0.25, 0.3) is 0 Å². The van der Waals surface area contributed by atoms with Crippen molar-refractivity contribution in [2.45, 2.75) is 39.2 Å². The van der Waals surface area contributed by atoms with Crippen LogP contribution in [0.2, 0.25) is 0 Å². The van der Waals surface area contributed by atoms with Gasteiger partial charge in [-0.2, -0.15) is 5.10 Å². The van der Waals surface area contributed by atoms with Crippen LogP contribution in [0.5, 0.6) is 0 Å². The van der Waals surface area contributed by atoms with Crippen molar-refractivity contribution >= 4 is 5.91 Å². The Morgan fingerprint density at radius 3 is 2.71 bits per heavy atom. The molecule has 0 aliphatic carbocycles. The lowest BCUT2D eigenvalue weighted by Gasteiger charge is -2.17. The molecule has 0 spiro atoms. The summed E-state index contributed by atoms with van der Waals surface area (Å²) in [5.74, 6) is -0.278. The Labute approximate surface area is 102 Å². The monoisotopic (exact) mass is 238 g/mol. The number of nitrogens with zero attached hydrogens (tertiary/aromatic N) is 2. The van der Waals surface area contributed by atoms with Crippen LogP contribution in [-0.2, 0) is 23.8 Å². The van der Waals surface area contributed by atoms with Crippen molar-refractivity contribution in [2.75, 3.05) is 6.54 Å². The highest BCUT2D eigenvalue weighted by molar-refractivity contribution is 5.73. The molecule has 0 aliphatic heterocycles. The molecule has 0 atom stereocenters. The van der Waals surface area contributed by atoms with Gasteiger partial charge in [-0.15, -0.1) is 0 Å². The predicted molar refractivity (Wildman–Crippen MR) is 67.4 cm³/mol. The van der Waals surface area contributed by atoms with Gasteiger partial charge in [-0.25, -0.2) is 0 Å². The highest BCUT2D eigenvalue weighted by Crippen LogP contribution is 2.23. The van der Waals surface area contributed by atoms with E-state index in [1.807, 2.05) is 17.9 Å². The topological polar surface area (TPSA) is 72.9 Å². The number of carbonyl (C=O) groups excluding carboxylic acids is 1. The Bertz CT molecular complexity index is 390. The summed E-state index contributed by atoms with van der Waals surface area (Å²) in [6.45, 7) is 7.74. The molecule has 17 heavy (non-hydrogen) atoms. The second-order valence-electron chi connectivity index (χ2n) is 5.32. The Hall–Kier alpha value is -1.36. The van der Waals surface area contributed by atoms with E-state index in [9.17, 15) is 4.79 Å². The molecule has 0 saturated heterocycles. The van der Waals surface area contributed by atoms with Crippen molar-refractivity contribution in [3.63, 3.8) is 0 Å². The molecule has 5 nitrogen and oxygen atoms in total. The van der Waals surface area contributed by atoms with Gasteiger partial charge in [-0.05, 0) is 0 Å². The highest BCUT2D eigenvalue weighted by Gasteiger charge is 2.21. The van der Waals surface area contributed by atoms with Gasteiger partial charge in [0.15, 0.2) is 0 Å². The molecule has 0 radical (unpaired) electrons. The van der Waals surface area contributed by atoms with Gasteiger partial charge in [0.05, 0.1) is 5.69 Å². The number of hydrogen-bond acceptors (Lipinski definition) is 3. The number of nitrogens with one attached hydrogen (secondary N) is 1. The normalized spacial score (nSPS) is 11.8. The van der Waals surface area contributed by atoms with Gasteiger partial charge >= 0.3 is 0 Å². The Balaban J connectivity index is 2.61. The zero-order valence-corrected chi connectivity index (χ0v) is 11.1. The summed E-state index contributed by atoms with van der Waals surface area (Å²) in [6.07, 6.45) is 2.38. The minimum absolute atomic E-state index is 0.0297. The van der Waals surface area contributed by atoms with Crippen LogP contribution < -0.4 is 11.1 Å². The van der Waals surface area contributed by atoms with Crippen molar-refractivity contribution < 1.29 is 4.79 Å². The van der Waals surface area contributed by atoms with E-state index in [2.05, 4.69) is 31.2 Å². The number of rotatable bonds is 5. The summed E-state index contributed by atoms with van der Waals surface area (Å²) in [6, 6.07) is 0. The van der Waals surface area contributed by atoms with Crippen LogP contribution in [0.4, 0.5) is 0 Å². The van der Waals surface area contributed by atoms with Crippen molar-refractivity contribution in [1.82, 2.24) is 15.1 Å². The molecule has 3 N–H and O–H groups in total. The van der Waals surface area contributed by atoms with Gasteiger partial charge in [-0.1, -0.05) is 20.8 Å². The van der Waals surface area contributed by atoms with E-state index in [-0.39, 0.29) is 11.3 Å². The standard InChI is InChI=1S/C12H22N4O/c1-12(2,3)11-9(8-16(4)15-11)7-14-6-5-10(13)17/h8,14H,5-7H2,1-4H3,(H2,13,17). The summed E-state index contributed by atoms with van der Waals surface area (Å²) < 4.78 is 1.83. The van der Waals surface area contributed by atoms with Crippen LogP contribution in [-0.4, -0.2) is 22.2 Å². The molecule has 1 aromatic rings. The second-order valence-corrected chi connectivity index (χ2v) is 5.32. The zero-order valence-electron chi connectivity index (χ0n) is 11.1. The fourth-order valence-corrected chi connectivity index (χ4v) is 1.73. The van der Waals surface area contributed by atoms with E-state index >= 15 is 0 Å². The van der Waals surface area contributed by atoms with Gasteiger partial charge in [0.1, 0.15) is 0 Å². The van der Waals surface area contributed by atoms with Crippen molar-refractivity contribution in [2.24, 2.45) is 12.8 Å². The van der Waals surface area contributed by atoms with Crippen LogP contribution in [0.3, 0.4) is 0 Å². The first-order valence-electron chi connectivity index (χ1n) is 5.82. The average Bonchev–Trinajstić information content (AvgIpc) is 2.53. The third kappa shape index (κ3) is 4.19. The molecular formula is C12H22N4O. The number of aryl methyl sites for hydroxylation is 1. The second kappa shape index (κ2) is 5.31. The van der Waals surface area contributed by atoms with E-state index in [0.29, 0.717) is 19.5 Å². The van der Waals surface area contributed by atoms with Gasteiger partial charge in [-0.3, -0.25) is 9.48 Å². The maximum Gasteiger partial charge on any atom is 0.218 e. The largest absolute Gasteiger partial charge is 0.370 e. The van der Waals surface area contributed by atoms with Crippen LogP contribution in [0.15, 0.2) is 6.20 Å². The number of aromatic nitrogens is 2. The van der Waals surface area contributed by atoms with Crippen molar-refractivity contribution in [3.8, 4) is 0 Å². The number of hydrogen-bond donors (Lipinski definition) is 2. The van der Waals surface area contributed by atoms with Gasteiger partial charge in [0, 0.05) is 43.7 Å². The minimum atomic E-state index is -0.278. The van der Waals surface area contributed by atoms with Crippen molar-refractivity contribution in [3.05, 3.63) is 17.5 Å². The van der Waals surface area contributed by atoms with Crippen LogP contribution >= 0.6 is 0 Å². The Kier molecular flexibility index (Phi) is 4.28. The smallest absolute Gasteiger partial charge is 0.218 e. The summed E-state index contributed by atoms with van der Waals surface area (Å²) in [7, 11) is 1.92. The first-order chi connectivity index (χ1) is 7.80. The molecule has 0 saturated carbocycles. The molecule has 0 aliphatic rings. The third-order valence-electron chi connectivity index (χ3n) is 2.48. The molecule has 0 bridgehead atoms. The van der Waals surface area contributed by atoms with Gasteiger partial charge in [0.2, 0.25) is 5.91 Å². The minimum Gasteiger partial charge on any atom is -0.370 e. The summed E-state index contributed by atoms with van der Waals surface area (Å²) in [5.41, 5.74) is 7.37. The summed E-state index contributed by atoms with van der Waals surface area (Å²) in [4.78, 5) is 10.6. The molecule has 96 valence electrons. The number of amides is 1. The molecule has 0 fully saturated rings. The summed E-state index contributed by atoms with van der Waals surface area (Å²) >= 11 is 0. The number of nitrogens with two attached hydrogens (primary N) is 1. The van der Waals surface area contributed by atoms with Crippen LogP contribution in [0, 0.1) is 0 Å². The molecule has 0 unspecified atom stereocenters. The fourth-order valence-electron chi connectivity index (χ4n) is 1.73. The average molecular weight is 238 g/mol. The zero-order chi connectivity index (χ0) is 13.1. The van der Waals surface area contributed by atoms with E-state index in [0.717, 1.165) is 5.69 Å². The van der Waals surface area contributed by atoms with Crippen molar-refractivity contribution in [1.29, 1.82) is 0 Å². The van der Waals surface area contributed by atoms with E-state index in [4.69, 9.17) is 5.73 Å². The lowest BCUT2D eigenvalue weighted by Crippen LogP contribution is -2.23. The van der Waals surface area contributed by atoms with Gasteiger partial charge < -0.3 is 11.1 Å². The lowest BCUT2D eigenvalue weighted by atomic mass is 9.89. The van der Waals surface area contributed by atoms with Gasteiger partial charge in [0.25, 0.3) is 0 Å². The molecule has 0 aromatic carbocycles. The number of carbonyl (C=O) groups is 1. The lowest BCUT2D eigenvalue weighted by molar-refractivity contribution is -0.117. The third-order valence-corrected chi connectivity index (χ3v) is 2.48.